The van der Waals surface area contributed by atoms with Crippen LogP contribution in [0.15, 0.2) is 28.7 Å². The molecule has 5 nitrogen and oxygen atoms in total. The maximum Gasteiger partial charge on any atom is 0.321 e. The maximum atomic E-state index is 12.0. The Morgan fingerprint density at radius 1 is 1.44 bits per heavy atom. The quantitative estimate of drug-likeness (QED) is 0.888. The topological polar surface area (TPSA) is 74.7 Å². The summed E-state index contributed by atoms with van der Waals surface area (Å²) in [4.78, 5) is 10.8. The average Bonchev–Trinajstić information content (AvgIpc) is 2.29. The molecule has 0 aromatic heterocycles. The van der Waals surface area contributed by atoms with Crippen molar-refractivity contribution in [1.82, 2.24) is 4.31 Å². The fourth-order valence-corrected chi connectivity index (χ4v) is 3.34. The first-order valence-corrected chi connectivity index (χ1v) is 7.58. The number of carboxylic acid groups (broad SMARTS) is 1. The molecular formula is C11H14BrNO4S. The molecule has 1 atom stereocenters. The number of carbonyl (C=O) groups is 1. The minimum Gasteiger partial charge on any atom is -0.480 e. The molecule has 0 aliphatic heterocycles. The number of hydrogen-bond donors (Lipinski definition) is 1. The second kappa shape index (κ2) is 5.81. The van der Waals surface area contributed by atoms with Crippen molar-refractivity contribution in [2.45, 2.75) is 18.7 Å². The molecule has 0 radical (unpaired) electrons. The summed E-state index contributed by atoms with van der Waals surface area (Å²) >= 11 is 3.26. The van der Waals surface area contributed by atoms with Crippen molar-refractivity contribution >= 4 is 31.9 Å². The van der Waals surface area contributed by atoms with Crippen LogP contribution in [-0.4, -0.2) is 36.9 Å². The van der Waals surface area contributed by atoms with Crippen molar-refractivity contribution < 1.29 is 18.3 Å². The van der Waals surface area contributed by atoms with E-state index in [1.807, 2.05) is 0 Å². The number of carboxylic acids is 1. The lowest BCUT2D eigenvalue weighted by molar-refractivity contribution is -0.140. The first-order chi connectivity index (χ1) is 8.25. The van der Waals surface area contributed by atoms with Crippen LogP contribution in [0.3, 0.4) is 0 Å². The largest absolute Gasteiger partial charge is 0.480 e. The van der Waals surface area contributed by atoms with Gasteiger partial charge in [0.1, 0.15) is 6.04 Å². The third-order valence-electron chi connectivity index (χ3n) is 2.64. The zero-order chi connectivity index (χ0) is 13.9. The third kappa shape index (κ3) is 3.54. The van der Waals surface area contributed by atoms with E-state index in [0.29, 0.717) is 10.0 Å². The molecule has 0 amide bonds. The van der Waals surface area contributed by atoms with Gasteiger partial charge in [0.25, 0.3) is 0 Å². The van der Waals surface area contributed by atoms with E-state index in [1.54, 1.807) is 24.3 Å². The van der Waals surface area contributed by atoms with Gasteiger partial charge in [0.2, 0.25) is 10.0 Å². The van der Waals surface area contributed by atoms with Gasteiger partial charge in [-0.15, -0.1) is 0 Å². The van der Waals surface area contributed by atoms with E-state index in [0.717, 1.165) is 4.31 Å². The van der Waals surface area contributed by atoms with E-state index < -0.39 is 22.0 Å². The fourth-order valence-electron chi connectivity index (χ4n) is 1.31. The Balaban J connectivity index is 2.96. The van der Waals surface area contributed by atoms with Gasteiger partial charge in [-0.2, -0.15) is 4.31 Å². The van der Waals surface area contributed by atoms with Crippen molar-refractivity contribution in [3.63, 3.8) is 0 Å². The van der Waals surface area contributed by atoms with Gasteiger partial charge in [0.15, 0.2) is 0 Å². The fraction of sp³-hybridized carbons (Fsp3) is 0.364. The molecule has 0 spiro atoms. The number of nitrogens with zero attached hydrogens (tertiary/aromatic N) is 1. The minimum absolute atomic E-state index is 0.234. The van der Waals surface area contributed by atoms with Gasteiger partial charge >= 0.3 is 5.97 Å². The average molecular weight is 336 g/mol. The molecule has 1 aromatic carbocycles. The molecule has 1 N–H and O–H groups in total. The lowest BCUT2D eigenvalue weighted by Crippen LogP contribution is -2.40. The first kappa shape index (κ1) is 15.1. The van der Waals surface area contributed by atoms with Gasteiger partial charge in [-0.3, -0.25) is 4.79 Å². The van der Waals surface area contributed by atoms with Crippen LogP contribution in [0.1, 0.15) is 12.5 Å². The van der Waals surface area contributed by atoms with E-state index in [2.05, 4.69) is 15.9 Å². The summed E-state index contributed by atoms with van der Waals surface area (Å²) in [6.07, 6.45) is 0. The van der Waals surface area contributed by atoms with Crippen LogP contribution in [0.25, 0.3) is 0 Å². The van der Waals surface area contributed by atoms with Crippen molar-refractivity contribution in [3.05, 3.63) is 34.3 Å². The predicted molar refractivity (Wildman–Crippen MR) is 71.6 cm³/mol. The molecule has 1 aromatic rings. The Labute approximate surface area is 115 Å². The number of sulfonamides is 1. The summed E-state index contributed by atoms with van der Waals surface area (Å²) in [7, 11) is -2.39. The number of hydrogen-bond acceptors (Lipinski definition) is 3. The summed E-state index contributed by atoms with van der Waals surface area (Å²) in [5.74, 6) is -1.41. The second-order valence-corrected chi connectivity index (χ2v) is 6.76. The van der Waals surface area contributed by atoms with E-state index in [9.17, 15) is 13.2 Å². The van der Waals surface area contributed by atoms with Gasteiger partial charge in [0.05, 0.1) is 5.75 Å². The van der Waals surface area contributed by atoms with Crippen LogP contribution < -0.4 is 0 Å². The van der Waals surface area contributed by atoms with Crippen LogP contribution in [0.2, 0.25) is 0 Å². The SMILES string of the molecule is CC(C(=O)O)N(C)S(=O)(=O)Cc1ccccc1Br. The van der Waals surface area contributed by atoms with Crippen molar-refractivity contribution in [3.8, 4) is 0 Å². The number of halogens is 1. The van der Waals surface area contributed by atoms with Crippen molar-refractivity contribution in [1.29, 1.82) is 0 Å². The molecule has 1 rings (SSSR count). The Hall–Kier alpha value is -0.920. The van der Waals surface area contributed by atoms with Gasteiger partial charge < -0.3 is 5.11 Å². The predicted octanol–water partition coefficient (Wildman–Crippen LogP) is 1.68. The normalized spacial score (nSPS) is 13.6. The van der Waals surface area contributed by atoms with Gasteiger partial charge in [-0.05, 0) is 18.6 Å². The molecule has 0 fully saturated rings. The second-order valence-electron chi connectivity index (χ2n) is 3.88. The lowest BCUT2D eigenvalue weighted by Gasteiger charge is -2.21. The van der Waals surface area contributed by atoms with Gasteiger partial charge in [0, 0.05) is 11.5 Å². The Morgan fingerprint density at radius 2 is 2.00 bits per heavy atom. The smallest absolute Gasteiger partial charge is 0.321 e. The maximum absolute atomic E-state index is 12.0. The summed E-state index contributed by atoms with van der Waals surface area (Å²) in [5, 5.41) is 8.82. The van der Waals surface area contributed by atoms with E-state index in [4.69, 9.17) is 5.11 Å². The highest BCUT2D eigenvalue weighted by Crippen LogP contribution is 2.20. The first-order valence-electron chi connectivity index (χ1n) is 5.17. The summed E-state index contributed by atoms with van der Waals surface area (Å²) in [6.45, 7) is 1.33. The van der Waals surface area contributed by atoms with Crippen LogP contribution in [-0.2, 0) is 20.6 Å². The summed E-state index contributed by atoms with van der Waals surface area (Å²) < 4.78 is 25.6. The highest BCUT2D eigenvalue weighted by molar-refractivity contribution is 9.10. The Morgan fingerprint density at radius 3 is 2.50 bits per heavy atom. The molecule has 0 aliphatic carbocycles. The van der Waals surface area contributed by atoms with Crippen molar-refractivity contribution in [2.75, 3.05) is 7.05 Å². The van der Waals surface area contributed by atoms with E-state index in [-0.39, 0.29) is 5.75 Å². The number of benzene rings is 1. The van der Waals surface area contributed by atoms with Gasteiger partial charge in [-0.1, -0.05) is 34.1 Å². The zero-order valence-electron chi connectivity index (χ0n) is 10.00. The molecule has 7 heteroatoms. The van der Waals surface area contributed by atoms with Crippen molar-refractivity contribution in [2.24, 2.45) is 0 Å². The summed E-state index contributed by atoms with van der Waals surface area (Å²) in [5.41, 5.74) is 0.599. The minimum atomic E-state index is -3.66. The molecule has 0 bridgehead atoms. The molecule has 1 unspecified atom stereocenters. The molecule has 18 heavy (non-hydrogen) atoms. The molecule has 0 aliphatic rings. The molecule has 0 saturated heterocycles. The molecular weight excluding hydrogens is 322 g/mol. The highest BCUT2D eigenvalue weighted by Gasteiger charge is 2.28. The third-order valence-corrected chi connectivity index (χ3v) is 5.28. The standard InChI is InChI=1S/C11H14BrNO4S/c1-8(11(14)15)13(2)18(16,17)7-9-5-3-4-6-10(9)12/h3-6,8H,7H2,1-2H3,(H,14,15). The summed E-state index contributed by atoms with van der Waals surface area (Å²) in [6, 6.07) is 5.85. The monoisotopic (exact) mass is 335 g/mol. The van der Waals surface area contributed by atoms with Crippen LogP contribution in [0, 0.1) is 0 Å². The van der Waals surface area contributed by atoms with E-state index in [1.165, 1.54) is 14.0 Å². The molecule has 100 valence electrons. The van der Waals surface area contributed by atoms with Crippen LogP contribution >= 0.6 is 15.9 Å². The zero-order valence-corrected chi connectivity index (χ0v) is 12.4. The number of rotatable bonds is 5. The van der Waals surface area contributed by atoms with Crippen LogP contribution in [0.5, 0.6) is 0 Å². The Kier molecular flexibility index (Phi) is 4.89. The Bertz CT molecular complexity index is 544. The van der Waals surface area contributed by atoms with Gasteiger partial charge in [-0.25, -0.2) is 8.42 Å². The highest BCUT2D eigenvalue weighted by atomic mass is 79.9. The molecule has 0 heterocycles. The molecule has 0 saturated carbocycles. The lowest BCUT2D eigenvalue weighted by atomic mass is 10.2. The number of aliphatic carboxylic acids is 1. The number of likely N-dealkylation sites (N-methyl/N-ethyl adjacent to an activating group) is 1. The van der Waals surface area contributed by atoms with Crippen LogP contribution in [0.4, 0.5) is 0 Å². The van der Waals surface area contributed by atoms with E-state index >= 15 is 0 Å².